The van der Waals surface area contributed by atoms with Gasteiger partial charge in [0.25, 0.3) is 16.0 Å². The number of halogens is 1. The van der Waals surface area contributed by atoms with Crippen molar-refractivity contribution in [2.24, 2.45) is 0 Å². The SMILES string of the molecule is CCOc1ccc(S(=O)(=O)Nc2nc3scc(-c4ccc(Cl)cc4)n3n2)cc1. The largest absolute Gasteiger partial charge is 0.494 e. The molecular formula is C18H15ClN4O3S2. The van der Waals surface area contributed by atoms with Gasteiger partial charge >= 0.3 is 0 Å². The molecule has 0 radical (unpaired) electrons. The summed E-state index contributed by atoms with van der Waals surface area (Å²) in [6.45, 7) is 2.37. The van der Waals surface area contributed by atoms with Gasteiger partial charge in [-0.25, -0.2) is 17.7 Å². The number of nitrogens with zero attached hydrogens (tertiary/aromatic N) is 3. The number of ether oxygens (including phenoxy) is 1. The van der Waals surface area contributed by atoms with Crippen molar-refractivity contribution in [3.05, 3.63) is 58.9 Å². The quantitative estimate of drug-likeness (QED) is 0.488. The van der Waals surface area contributed by atoms with Crippen molar-refractivity contribution in [3.8, 4) is 17.0 Å². The molecule has 4 rings (SSSR count). The monoisotopic (exact) mass is 434 g/mol. The Kier molecular flexibility index (Phi) is 4.96. The summed E-state index contributed by atoms with van der Waals surface area (Å²) in [5.41, 5.74) is 1.71. The zero-order valence-electron chi connectivity index (χ0n) is 14.7. The third-order valence-corrected chi connectivity index (χ3v) is 6.30. The molecule has 1 N–H and O–H groups in total. The molecule has 4 aromatic rings. The molecule has 0 atom stereocenters. The summed E-state index contributed by atoms with van der Waals surface area (Å²) >= 11 is 7.30. The molecule has 2 aromatic carbocycles. The minimum Gasteiger partial charge on any atom is -0.494 e. The Morgan fingerprint density at radius 1 is 1.14 bits per heavy atom. The Morgan fingerprint density at radius 2 is 1.86 bits per heavy atom. The van der Waals surface area contributed by atoms with Gasteiger partial charge < -0.3 is 4.74 Å². The second-order valence-corrected chi connectivity index (χ2v) is 8.72. The summed E-state index contributed by atoms with van der Waals surface area (Å²) in [4.78, 5) is 4.95. The van der Waals surface area contributed by atoms with Crippen LogP contribution in [0.15, 0.2) is 58.8 Å². The molecule has 0 bridgehead atoms. The van der Waals surface area contributed by atoms with Gasteiger partial charge in [-0.1, -0.05) is 23.7 Å². The summed E-state index contributed by atoms with van der Waals surface area (Å²) < 4.78 is 34.6. The predicted molar refractivity (Wildman–Crippen MR) is 110 cm³/mol. The summed E-state index contributed by atoms with van der Waals surface area (Å²) in [7, 11) is -3.81. The average Bonchev–Trinajstić information content (AvgIpc) is 3.23. The van der Waals surface area contributed by atoms with Crippen LogP contribution in [0.4, 0.5) is 5.95 Å². The first-order valence-corrected chi connectivity index (χ1v) is 11.1. The lowest BCUT2D eigenvalue weighted by Gasteiger charge is -2.06. The van der Waals surface area contributed by atoms with Crippen molar-refractivity contribution in [2.45, 2.75) is 11.8 Å². The van der Waals surface area contributed by atoms with Gasteiger partial charge in [0.2, 0.25) is 4.96 Å². The van der Waals surface area contributed by atoms with E-state index >= 15 is 0 Å². The number of aromatic nitrogens is 3. The van der Waals surface area contributed by atoms with Gasteiger partial charge in [0.1, 0.15) is 5.75 Å². The van der Waals surface area contributed by atoms with Crippen LogP contribution in [0.3, 0.4) is 0 Å². The van der Waals surface area contributed by atoms with E-state index in [-0.39, 0.29) is 10.8 Å². The van der Waals surface area contributed by atoms with Crippen LogP contribution in [0.2, 0.25) is 5.02 Å². The van der Waals surface area contributed by atoms with Crippen LogP contribution >= 0.6 is 22.9 Å². The molecule has 2 aromatic heterocycles. The van der Waals surface area contributed by atoms with E-state index in [9.17, 15) is 8.42 Å². The fraction of sp³-hybridized carbons (Fsp3) is 0.111. The first kappa shape index (κ1) is 18.7. The molecule has 28 heavy (non-hydrogen) atoms. The van der Waals surface area contributed by atoms with E-state index in [0.29, 0.717) is 22.3 Å². The molecule has 0 amide bonds. The van der Waals surface area contributed by atoms with E-state index in [1.807, 2.05) is 24.4 Å². The molecule has 0 saturated carbocycles. The van der Waals surface area contributed by atoms with Gasteiger partial charge in [-0.2, -0.15) is 4.98 Å². The van der Waals surface area contributed by atoms with Gasteiger partial charge in [0.15, 0.2) is 0 Å². The number of thiazole rings is 1. The number of hydrogen-bond acceptors (Lipinski definition) is 6. The summed E-state index contributed by atoms with van der Waals surface area (Å²) in [5, 5.41) is 6.84. The van der Waals surface area contributed by atoms with E-state index in [1.165, 1.54) is 23.5 Å². The molecule has 0 saturated heterocycles. The van der Waals surface area contributed by atoms with Crippen LogP contribution in [-0.4, -0.2) is 29.6 Å². The molecule has 10 heteroatoms. The van der Waals surface area contributed by atoms with Crippen LogP contribution in [0.1, 0.15) is 6.92 Å². The fourth-order valence-corrected chi connectivity index (χ4v) is 4.50. The van der Waals surface area contributed by atoms with Crippen molar-refractivity contribution in [1.82, 2.24) is 14.6 Å². The molecule has 0 aliphatic rings. The van der Waals surface area contributed by atoms with Crippen LogP contribution < -0.4 is 9.46 Å². The van der Waals surface area contributed by atoms with Crippen molar-refractivity contribution in [2.75, 3.05) is 11.3 Å². The Labute approximate surface area is 170 Å². The van der Waals surface area contributed by atoms with Crippen LogP contribution in [0.5, 0.6) is 5.75 Å². The lowest BCUT2D eigenvalue weighted by molar-refractivity contribution is 0.340. The minimum atomic E-state index is -3.81. The zero-order chi connectivity index (χ0) is 19.7. The second kappa shape index (κ2) is 7.42. The Balaban J connectivity index is 1.62. The van der Waals surface area contributed by atoms with Crippen LogP contribution in [0.25, 0.3) is 16.2 Å². The Morgan fingerprint density at radius 3 is 2.54 bits per heavy atom. The minimum absolute atomic E-state index is 0.0101. The van der Waals surface area contributed by atoms with Gasteiger partial charge in [-0.3, -0.25) is 0 Å². The van der Waals surface area contributed by atoms with Crippen molar-refractivity contribution >= 4 is 43.9 Å². The normalized spacial score (nSPS) is 11.6. The van der Waals surface area contributed by atoms with E-state index in [0.717, 1.165) is 11.3 Å². The third kappa shape index (κ3) is 3.68. The van der Waals surface area contributed by atoms with Crippen LogP contribution in [0, 0.1) is 0 Å². The van der Waals surface area contributed by atoms with Gasteiger partial charge in [0.05, 0.1) is 17.2 Å². The Bertz CT molecular complexity index is 1220. The highest BCUT2D eigenvalue weighted by molar-refractivity contribution is 7.92. The van der Waals surface area contributed by atoms with E-state index < -0.39 is 10.0 Å². The van der Waals surface area contributed by atoms with E-state index in [4.69, 9.17) is 16.3 Å². The highest BCUT2D eigenvalue weighted by Gasteiger charge is 2.19. The maximum atomic E-state index is 12.6. The maximum absolute atomic E-state index is 12.6. The number of rotatable bonds is 6. The number of hydrogen-bond donors (Lipinski definition) is 1. The highest BCUT2D eigenvalue weighted by atomic mass is 35.5. The van der Waals surface area contributed by atoms with Crippen molar-refractivity contribution in [1.29, 1.82) is 0 Å². The number of anilines is 1. The molecule has 0 unspecified atom stereocenters. The fourth-order valence-electron chi connectivity index (χ4n) is 2.60. The van der Waals surface area contributed by atoms with E-state index in [2.05, 4.69) is 14.8 Å². The molecule has 0 spiro atoms. The molecule has 7 nitrogen and oxygen atoms in total. The standard InChI is InChI=1S/C18H15ClN4O3S2/c1-2-26-14-7-9-15(10-8-14)28(24,25)22-17-20-18-23(21-17)16(11-27-18)12-3-5-13(19)6-4-12/h3-11H,2H2,1H3,(H,21,22). The number of sulfonamides is 1. The van der Waals surface area contributed by atoms with Gasteiger partial charge in [-0.05, 0) is 43.3 Å². The van der Waals surface area contributed by atoms with E-state index in [1.54, 1.807) is 28.8 Å². The topological polar surface area (TPSA) is 85.6 Å². The molecule has 144 valence electrons. The number of fused-ring (bicyclic) bond motifs is 1. The van der Waals surface area contributed by atoms with Gasteiger partial charge in [0, 0.05) is 16.0 Å². The summed E-state index contributed by atoms with van der Waals surface area (Å²) in [5.74, 6) is 0.616. The molecule has 2 heterocycles. The number of nitrogens with one attached hydrogen (secondary N) is 1. The molecule has 0 aliphatic carbocycles. The predicted octanol–water partition coefficient (Wildman–Crippen LogP) is 4.31. The first-order valence-electron chi connectivity index (χ1n) is 8.32. The molecule has 0 aliphatic heterocycles. The second-order valence-electron chi connectivity index (χ2n) is 5.77. The smallest absolute Gasteiger partial charge is 0.264 e. The summed E-state index contributed by atoms with van der Waals surface area (Å²) in [6.07, 6.45) is 0. The van der Waals surface area contributed by atoms with Crippen molar-refractivity contribution < 1.29 is 13.2 Å². The zero-order valence-corrected chi connectivity index (χ0v) is 17.1. The average molecular weight is 435 g/mol. The Hall–Kier alpha value is -2.62. The van der Waals surface area contributed by atoms with Crippen LogP contribution in [-0.2, 0) is 10.0 Å². The lowest BCUT2D eigenvalue weighted by Crippen LogP contribution is -2.14. The highest BCUT2D eigenvalue weighted by Crippen LogP contribution is 2.27. The molecular weight excluding hydrogens is 420 g/mol. The van der Waals surface area contributed by atoms with Crippen molar-refractivity contribution in [3.63, 3.8) is 0 Å². The first-order chi connectivity index (χ1) is 13.5. The third-order valence-electron chi connectivity index (χ3n) is 3.89. The molecule has 0 fully saturated rings. The maximum Gasteiger partial charge on any atom is 0.264 e. The van der Waals surface area contributed by atoms with Gasteiger partial charge in [-0.15, -0.1) is 16.4 Å². The summed E-state index contributed by atoms with van der Waals surface area (Å²) in [6, 6.07) is 13.5. The lowest BCUT2D eigenvalue weighted by atomic mass is 10.2. The number of benzene rings is 2.